The van der Waals surface area contributed by atoms with Gasteiger partial charge < -0.3 is 4.74 Å². The number of thiol groups is 1. The lowest BCUT2D eigenvalue weighted by molar-refractivity contribution is -0.139. The fourth-order valence-electron chi connectivity index (χ4n) is 1.29. The first-order valence-electron chi connectivity index (χ1n) is 4.50. The van der Waals surface area contributed by atoms with Crippen molar-refractivity contribution in [3.05, 3.63) is 28.8 Å². The highest BCUT2D eigenvalue weighted by atomic mass is 35.5. The van der Waals surface area contributed by atoms with Gasteiger partial charge in [0.2, 0.25) is 0 Å². The fourth-order valence-corrected chi connectivity index (χ4v) is 1.81. The normalized spacial score (nSPS) is 9.62. The second-order valence-corrected chi connectivity index (χ2v) is 3.89. The van der Waals surface area contributed by atoms with Gasteiger partial charge in [-0.1, -0.05) is 0 Å². The minimum atomic E-state index is -0.398. The Morgan fingerprint density at radius 3 is 2.81 bits per heavy atom. The van der Waals surface area contributed by atoms with E-state index in [1.54, 1.807) is 12.1 Å². The van der Waals surface area contributed by atoms with Crippen LogP contribution in [0.5, 0.6) is 0 Å². The molecule has 0 unspecified atom stereocenters. The molecule has 0 aliphatic carbocycles. The Kier molecular flexibility index (Phi) is 4.66. The highest BCUT2D eigenvalue weighted by molar-refractivity contribution is 7.80. The monoisotopic (exact) mass is 255 g/mol. The van der Waals surface area contributed by atoms with Crippen molar-refractivity contribution in [2.24, 2.45) is 0 Å². The molecule has 0 amide bonds. The van der Waals surface area contributed by atoms with Crippen molar-refractivity contribution < 1.29 is 9.53 Å². The first kappa shape index (κ1) is 12.9. The van der Waals surface area contributed by atoms with Crippen LogP contribution < -0.4 is 0 Å². The van der Waals surface area contributed by atoms with E-state index in [0.717, 1.165) is 5.56 Å². The van der Waals surface area contributed by atoms with Crippen LogP contribution in [-0.4, -0.2) is 13.1 Å². The number of nitriles is 1. The first-order valence-corrected chi connectivity index (χ1v) is 5.48. The van der Waals surface area contributed by atoms with Crippen molar-refractivity contribution in [3.63, 3.8) is 0 Å². The Bertz CT molecular complexity index is 454. The predicted octanol–water partition coefficient (Wildman–Crippen LogP) is 2.30. The number of rotatable bonds is 3. The standard InChI is InChI=1S/C11H10ClNO2S/c1-15-11(14)4-9-8(6-13)2-7(5-12)3-10(9)16/h2-3,16H,4-5H2,1H3. The molecule has 1 aromatic carbocycles. The zero-order chi connectivity index (χ0) is 12.1. The maximum absolute atomic E-state index is 11.2. The third-order valence-electron chi connectivity index (χ3n) is 2.11. The summed E-state index contributed by atoms with van der Waals surface area (Å²) in [5.74, 6) is -0.0915. The zero-order valence-corrected chi connectivity index (χ0v) is 10.3. The number of ether oxygens (including phenoxy) is 1. The van der Waals surface area contributed by atoms with Gasteiger partial charge in [0.15, 0.2) is 0 Å². The van der Waals surface area contributed by atoms with E-state index in [-0.39, 0.29) is 6.42 Å². The molecule has 0 saturated carbocycles. The van der Waals surface area contributed by atoms with E-state index in [4.69, 9.17) is 16.9 Å². The summed E-state index contributed by atoms with van der Waals surface area (Å²) in [7, 11) is 1.31. The van der Waals surface area contributed by atoms with Gasteiger partial charge in [0.1, 0.15) is 0 Å². The molecule has 16 heavy (non-hydrogen) atoms. The summed E-state index contributed by atoms with van der Waals surface area (Å²) in [6.45, 7) is 0. The number of benzene rings is 1. The molecule has 0 spiro atoms. The number of hydrogen-bond donors (Lipinski definition) is 1. The van der Waals surface area contributed by atoms with Gasteiger partial charge in [0.25, 0.3) is 0 Å². The van der Waals surface area contributed by atoms with Crippen LogP contribution in [0, 0.1) is 11.3 Å². The van der Waals surface area contributed by atoms with Gasteiger partial charge in [-0.2, -0.15) is 5.26 Å². The number of nitrogens with zero attached hydrogens (tertiary/aromatic N) is 1. The molecule has 1 rings (SSSR count). The largest absolute Gasteiger partial charge is 0.469 e. The summed E-state index contributed by atoms with van der Waals surface area (Å²) < 4.78 is 4.56. The summed E-state index contributed by atoms with van der Waals surface area (Å²) in [4.78, 5) is 11.7. The van der Waals surface area contributed by atoms with Gasteiger partial charge in [-0.05, 0) is 23.3 Å². The molecule has 0 radical (unpaired) electrons. The molecular weight excluding hydrogens is 246 g/mol. The molecule has 0 atom stereocenters. The number of hydrogen-bond acceptors (Lipinski definition) is 4. The van der Waals surface area contributed by atoms with Crippen LogP contribution in [-0.2, 0) is 21.8 Å². The lowest BCUT2D eigenvalue weighted by Gasteiger charge is -2.08. The van der Waals surface area contributed by atoms with Crippen molar-refractivity contribution >= 4 is 30.2 Å². The highest BCUT2D eigenvalue weighted by Gasteiger charge is 2.12. The minimum absolute atomic E-state index is 0.0425. The molecule has 0 bridgehead atoms. The molecule has 0 N–H and O–H groups in total. The number of esters is 1. The SMILES string of the molecule is COC(=O)Cc1c(S)cc(CCl)cc1C#N. The number of carbonyl (C=O) groups is 1. The van der Waals surface area contributed by atoms with Gasteiger partial charge in [0.05, 0.1) is 25.2 Å². The van der Waals surface area contributed by atoms with Crippen LogP contribution in [0.4, 0.5) is 0 Å². The highest BCUT2D eigenvalue weighted by Crippen LogP contribution is 2.22. The van der Waals surface area contributed by atoms with Gasteiger partial charge in [-0.3, -0.25) is 4.79 Å². The smallest absolute Gasteiger partial charge is 0.310 e. The summed E-state index contributed by atoms with van der Waals surface area (Å²) in [6.07, 6.45) is 0.0425. The van der Waals surface area contributed by atoms with E-state index >= 15 is 0 Å². The minimum Gasteiger partial charge on any atom is -0.469 e. The van der Waals surface area contributed by atoms with E-state index < -0.39 is 5.97 Å². The molecule has 0 aromatic heterocycles. The number of alkyl halides is 1. The van der Waals surface area contributed by atoms with Crippen LogP contribution in [0.3, 0.4) is 0 Å². The molecule has 3 nitrogen and oxygen atoms in total. The molecule has 0 aliphatic heterocycles. The third-order valence-corrected chi connectivity index (χ3v) is 2.82. The van der Waals surface area contributed by atoms with E-state index in [1.807, 2.05) is 6.07 Å². The molecule has 5 heteroatoms. The van der Waals surface area contributed by atoms with Crippen molar-refractivity contribution in [1.29, 1.82) is 5.26 Å². The van der Waals surface area contributed by atoms with E-state index in [2.05, 4.69) is 17.4 Å². The first-order chi connectivity index (χ1) is 7.62. The van der Waals surface area contributed by atoms with Crippen LogP contribution in [0.25, 0.3) is 0 Å². The second-order valence-electron chi connectivity index (χ2n) is 3.14. The Morgan fingerprint density at radius 2 is 2.31 bits per heavy atom. The molecule has 0 aliphatic rings. The summed E-state index contributed by atoms with van der Waals surface area (Å²) >= 11 is 9.92. The van der Waals surface area contributed by atoms with Crippen molar-refractivity contribution in [2.45, 2.75) is 17.2 Å². The van der Waals surface area contributed by atoms with Gasteiger partial charge >= 0.3 is 5.97 Å². The molecule has 0 fully saturated rings. The van der Waals surface area contributed by atoms with Crippen molar-refractivity contribution in [2.75, 3.05) is 7.11 Å². The van der Waals surface area contributed by atoms with Crippen molar-refractivity contribution in [3.8, 4) is 6.07 Å². The predicted molar refractivity (Wildman–Crippen MR) is 63.7 cm³/mol. The van der Waals surface area contributed by atoms with Crippen LogP contribution in [0.15, 0.2) is 17.0 Å². The zero-order valence-electron chi connectivity index (χ0n) is 8.66. The molecule has 0 heterocycles. The van der Waals surface area contributed by atoms with E-state index in [9.17, 15) is 4.79 Å². The summed E-state index contributed by atoms with van der Waals surface area (Å²) in [5.41, 5.74) is 1.79. The average molecular weight is 256 g/mol. The number of carbonyl (C=O) groups excluding carboxylic acids is 1. The van der Waals surface area contributed by atoms with Gasteiger partial charge in [-0.15, -0.1) is 24.2 Å². The molecule has 84 valence electrons. The lowest BCUT2D eigenvalue weighted by Crippen LogP contribution is -2.07. The topological polar surface area (TPSA) is 50.1 Å². The van der Waals surface area contributed by atoms with Crippen molar-refractivity contribution in [1.82, 2.24) is 0 Å². The van der Waals surface area contributed by atoms with E-state index in [0.29, 0.717) is 21.9 Å². The molecule has 1 aromatic rings. The second kappa shape index (κ2) is 5.78. The Balaban J connectivity index is 3.18. The quantitative estimate of drug-likeness (QED) is 0.512. The van der Waals surface area contributed by atoms with Gasteiger partial charge in [-0.25, -0.2) is 0 Å². The summed E-state index contributed by atoms with van der Waals surface area (Å²) in [6, 6.07) is 5.43. The molecular formula is C11H10ClNO2S. The fraction of sp³-hybridized carbons (Fsp3) is 0.273. The Labute approximate surface area is 104 Å². The number of methoxy groups -OCH3 is 1. The number of halogens is 1. The third kappa shape index (κ3) is 2.91. The average Bonchev–Trinajstić information content (AvgIpc) is 2.30. The maximum atomic E-state index is 11.2. The maximum Gasteiger partial charge on any atom is 0.310 e. The Morgan fingerprint density at radius 1 is 1.62 bits per heavy atom. The Hall–Kier alpha value is -1.18. The summed E-state index contributed by atoms with van der Waals surface area (Å²) in [5, 5.41) is 8.97. The van der Waals surface area contributed by atoms with Crippen LogP contribution in [0.2, 0.25) is 0 Å². The van der Waals surface area contributed by atoms with Crippen LogP contribution >= 0.6 is 24.2 Å². The van der Waals surface area contributed by atoms with Gasteiger partial charge in [0, 0.05) is 10.8 Å². The molecule has 0 saturated heterocycles. The van der Waals surface area contributed by atoms with Crippen LogP contribution in [0.1, 0.15) is 16.7 Å². The lowest BCUT2D eigenvalue weighted by atomic mass is 10.0. The van der Waals surface area contributed by atoms with E-state index in [1.165, 1.54) is 7.11 Å².